The molecular weight excluding hydrogens is 336 g/mol. The van der Waals surface area contributed by atoms with Gasteiger partial charge in [0.05, 0.1) is 6.10 Å². The molecule has 0 bridgehead atoms. The van der Waals surface area contributed by atoms with Gasteiger partial charge in [-0.1, -0.05) is 48.5 Å². The number of piperidine rings is 1. The van der Waals surface area contributed by atoms with Gasteiger partial charge in [0, 0.05) is 37.8 Å². The van der Waals surface area contributed by atoms with Crippen molar-refractivity contribution in [1.29, 1.82) is 0 Å². The predicted octanol–water partition coefficient (Wildman–Crippen LogP) is 3.73. The van der Waals surface area contributed by atoms with Gasteiger partial charge >= 0.3 is 0 Å². The first-order valence-electron chi connectivity index (χ1n) is 10.1. The average molecular weight is 364 g/mol. The van der Waals surface area contributed by atoms with E-state index in [1.54, 1.807) is 0 Å². The van der Waals surface area contributed by atoms with Gasteiger partial charge < -0.3 is 15.0 Å². The maximum Gasteiger partial charge on any atom is 0.252 e. The molecule has 2 aliphatic heterocycles. The smallest absolute Gasteiger partial charge is 0.252 e. The van der Waals surface area contributed by atoms with Crippen molar-refractivity contribution in [2.45, 2.75) is 37.8 Å². The van der Waals surface area contributed by atoms with Crippen LogP contribution in [0.4, 0.5) is 0 Å². The zero-order valence-corrected chi connectivity index (χ0v) is 15.8. The number of hydrogen-bond donors (Lipinski definition) is 1. The number of nitrogens with zero attached hydrogens (tertiary/aromatic N) is 1. The Morgan fingerprint density at radius 3 is 2.48 bits per heavy atom. The number of carbonyl (C=O) groups is 1. The van der Waals surface area contributed by atoms with Gasteiger partial charge in [-0.05, 0) is 42.9 Å². The largest absolute Gasteiger partial charge is 0.377 e. The molecule has 1 N–H and O–H groups in total. The maximum absolute atomic E-state index is 12.9. The summed E-state index contributed by atoms with van der Waals surface area (Å²) in [5.74, 6) is 0.0343. The summed E-state index contributed by atoms with van der Waals surface area (Å²) in [7, 11) is 0. The quantitative estimate of drug-likeness (QED) is 0.879. The van der Waals surface area contributed by atoms with Crippen LogP contribution in [0.5, 0.6) is 0 Å². The highest BCUT2D eigenvalue weighted by atomic mass is 16.5. The molecule has 2 aliphatic rings. The summed E-state index contributed by atoms with van der Waals surface area (Å²) in [6, 6.07) is 18.2. The van der Waals surface area contributed by atoms with Gasteiger partial charge in [0.1, 0.15) is 0 Å². The molecule has 0 unspecified atom stereocenters. The minimum absolute atomic E-state index is 0.0343. The van der Waals surface area contributed by atoms with Gasteiger partial charge in [-0.2, -0.15) is 0 Å². The van der Waals surface area contributed by atoms with Crippen LogP contribution in [0.25, 0.3) is 11.1 Å². The van der Waals surface area contributed by atoms with Crippen LogP contribution in [0.3, 0.4) is 0 Å². The predicted molar refractivity (Wildman–Crippen MR) is 108 cm³/mol. The Hall–Kier alpha value is -2.17. The van der Waals surface area contributed by atoms with E-state index >= 15 is 0 Å². The van der Waals surface area contributed by atoms with E-state index in [1.807, 2.05) is 42.5 Å². The molecule has 1 atom stereocenters. The van der Waals surface area contributed by atoms with Gasteiger partial charge in [0.2, 0.25) is 0 Å². The first-order chi connectivity index (χ1) is 13.3. The molecule has 2 fully saturated rings. The molecule has 0 aromatic heterocycles. The zero-order chi connectivity index (χ0) is 18.5. The molecule has 0 aliphatic carbocycles. The molecule has 2 heterocycles. The molecule has 0 radical (unpaired) electrons. The van der Waals surface area contributed by atoms with E-state index in [4.69, 9.17) is 4.74 Å². The lowest BCUT2D eigenvalue weighted by molar-refractivity contribution is 0.0613. The molecule has 4 heteroatoms. The van der Waals surface area contributed by atoms with Crippen molar-refractivity contribution in [2.75, 3.05) is 26.2 Å². The number of amides is 1. The third-order valence-electron chi connectivity index (χ3n) is 5.67. The van der Waals surface area contributed by atoms with E-state index < -0.39 is 0 Å². The average Bonchev–Trinajstić information content (AvgIpc) is 3.23. The van der Waals surface area contributed by atoms with Crippen molar-refractivity contribution in [3.8, 4) is 11.1 Å². The highest BCUT2D eigenvalue weighted by Gasteiger charge is 2.25. The van der Waals surface area contributed by atoms with Crippen molar-refractivity contribution >= 4 is 5.91 Å². The third-order valence-corrected chi connectivity index (χ3v) is 5.67. The summed E-state index contributed by atoms with van der Waals surface area (Å²) < 4.78 is 5.75. The zero-order valence-electron chi connectivity index (χ0n) is 15.8. The highest BCUT2D eigenvalue weighted by Crippen LogP contribution is 2.24. The summed E-state index contributed by atoms with van der Waals surface area (Å²) in [5, 5.41) is 3.26. The summed E-state index contributed by atoms with van der Waals surface area (Å²) in [5.41, 5.74) is 2.83. The molecule has 4 rings (SSSR count). The van der Waals surface area contributed by atoms with Gasteiger partial charge in [-0.3, -0.25) is 4.79 Å². The summed E-state index contributed by atoms with van der Waals surface area (Å²) >= 11 is 0. The maximum atomic E-state index is 12.9. The van der Waals surface area contributed by atoms with Gasteiger partial charge in [0.25, 0.3) is 5.91 Å². The number of ether oxygens (including phenoxy) is 1. The second-order valence-electron chi connectivity index (χ2n) is 7.59. The monoisotopic (exact) mass is 364 g/mol. The Balaban J connectivity index is 1.35. The van der Waals surface area contributed by atoms with Crippen molar-refractivity contribution in [3.05, 3.63) is 60.2 Å². The van der Waals surface area contributed by atoms with Crippen molar-refractivity contribution in [1.82, 2.24) is 10.2 Å². The summed E-state index contributed by atoms with van der Waals surface area (Å²) in [6.45, 7) is 4.02. The fourth-order valence-electron chi connectivity index (χ4n) is 4.15. The number of likely N-dealkylation sites (tertiary alicyclic amines) is 1. The van der Waals surface area contributed by atoms with Crippen LogP contribution in [0.2, 0.25) is 0 Å². The lowest BCUT2D eigenvalue weighted by Gasteiger charge is -2.33. The Bertz CT molecular complexity index is 748. The molecule has 2 aromatic carbocycles. The Labute approximate surface area is 161 Å². The Morgan fingerprint density at radius 2 is 1.74 bits per heavy atom. The van der Waals surface area contributed by atoms with Gasteiger partial charge in [0.15, 0.2) is 0 Å². The first-order valence-corrected chi connectivity index (χ1v) is 10.1. The minimum atomic E-state index is 0.0343. The topological polar surface area (TPSA) is 41.6 Å². The second-order valence-corrected chi connectivity index (χ2v) is 7.59. The van der Waals surface area contributed by atoms with E-state index in [1.165, 1.54) is 12.8 Å². The molecule has 0 spiro atoms. The number of rotatable bonds is 5. The highest BCUT2D eigenvalue weighted by molar-refractivity contribution is 6.01. The third kappa shape index (κ3) is 4.57. The van der Waals surface area contributed by atoms with Crippen LogP contribution in [-0.4, -0.2) is 49.2 Å². The lowest BCUT2D eigenvalue weighted by atomic mass is 9.98. The molecule has 1 amide bonds. The number of nitrogens with one attached hydrogen (secondary N) is 1. The molecular formula is C23H28N2O2. The number of hydrogen-bond acceptors (Lipinski definition) is 3. The lowest BCUT2D eigenvalue weighted by Crippen LogP contribution is -2.46. The molecule has 2 aromatic rings. The van der Waals surface area contributed by atoms with Crippen LogP contribution in [0, 0.1) is 0 Å². The number of benzene rings is 2. The van der Waals surface area contributed by atoms with E-state index in [9.17, 15) is 4.79 Å². The van der Waals surface area contributed by atoms with Crippen molar-refractivity contribution in [2.24, 2.45) is 0 Å². The molecule has 4 nitrogen and oxygen atoms in total. The molecule has 2 saturated heterocycles. The van der Waals surface area contributed by atoms with E-state index in [2.05, 4.69) is 22.3 Å². The Morgan fingerprint density at radius 1 is 1.00 bits per heavy atom. The van der Waals surface area contributed by atoms with Crippen LogP contribution >= 0.6 is 0 Å². The molecule has 0 saturated carbocycles. The SMILES string of the molecule is O=C(NC1CCN(C[C@H]2CCCO2)CC1)c1ccccc1-c1ccccc1. The van der Waals surface area contributed by atoms with Crippen LogP contribution < -0.4 is 5.32 Å². The van der Waals surface area contributed by atoms with E-state index in [-0.39, 0.29) is 11.9 Å². The second kappa shape index (κ2) is 8.68. The van der Waals surface area contributed by atoms with Crippen LogP contribution in [0.1, 0.15) is 36.0 Å². The van der Waals surface area contributed by atoms with E-state index in [0.29, 0.717) is 6.10 Å². The molecule has 142 valence electrons. The standard InChI is InChI=1S/C23H28N2O2/c26-23(22-11-5-4-10-21(22)18-7-2-1-3-8-18)24-19-12-14-25(15-13-19)17-20-9-6-16-27-20/h1-5,7-8,10-11,19-20H,6,9,12-17H2,(H,24,26)/t20-/m1/s1. The Kier molecular flexibility index (Phi) is 5.85. The van der Waals surface area contributed by atoms with Crippen LogP contribution in [0.15, 0.2) is 54.6 Å². The fourth-order valence-corrected chi connectivity index (χ4v) is 4.15. The van der Waals surface area contributed by atoms with Crippen molar-refractivity contribution < 1.29 is 9.53 Å². The van der Waals surface area contributed by atoms with E-state index in [0.717, 1.165) is 55.8 Å². The number of carbonyl (C=O) groups excluding carboxylic acids is 1. The normalized spacial score (nSPS) is 21.3. The van der Waals surface area contributed by atoms with Crippen molar-refractivity contribution in [3.63, 3.8) is 0 Å². The molecule has 27 heavy (non-hydrogen) atoms. The van der Waals surface area contributed by atoms with Gasteiger partial charge in [-0.15, -0.1) is 0 Å². The summed E-state index contributed by atoms with van der Waals surface area (Å²) in [4.78, 5) is 15.4. The fraction of sp³-hybridized carbons (Fsp3) is 0.435. The van der Waals surface area contributed by atoms with Gasteiger partial charge in [-0.25, -0.2) is 0 Å². The minimum Gasteiger partial charge on any atom is -0.377 e. The first kappa shape index (κ1) is 18.2. The van der Waals surface area contributed by atoms with Crippen LogP contribution in [-0.2, 0) is 4.74 Å². The summed E-state index contributed by atoms with van der Waals surface area (Å²) in [6.07, 6.45) is 4.80.